The lowest BCUT2D eigenvalue weighted by Gasteiger charge is -2.55. The van der Waals surface area contributed by atoms with Crippen LogP contribution >= 0.6 is 0 Å². The predicted molar refractivity (Wildman–Crippen MR) is 130 cm³/mol. The molecular formula is C27H47NO4. The Morgan fingerprint density at radius 3 is 2.34 bits per heavy atom. The molecule has 32 heavy (non-hydrogen) atoms. The van der Waals surface area contributed by atoms with Crippen LogP contribution in [0.1, 0.15) is 81.6 Å². The Bertz CT molecular complexity index is 732. The number of ketones is 1. The molecule has 1 saturated carbocycles. The quantitative estimate of drug-likeness (QED) is 0.231. The van der Waals surface area contributed by atoms with E-state index >= 15 is 0 Å². The van der Waals surface area contributed by atoms with Gasteiger partial charge < -0.3 is 19.9 Å². The summed E-state index contributed by atoms with van der Waals surface area (Å²) in [7, 11) is 0. The molecule has 0 aromatic heterocycles. The maximum atomic E-state index is 12.3. The van der Waals surface area contributed by atoms with Gasteiger partial charge in [0.1, 0.15) is 11.3 Å². The summed E-state index contributed by atoms with van der Waals surface area (Å²) < 4.78 is 18.1. The Hall–Kier alpha value is -1.01. The third-order valence-corrected chi connectivity index (χ3v) is 7.89. The van der Waals surface area contributed by atoms with Gasteiger partial charge in [-0.3, -0.25) is 4.79 Å². The molecule has 4 atom stereocenters. The lowest BCUT2D eigenvalue weighted by Crippen LogP contribution is -2.49. The van der Waals surface area contributed by atoms with E-state index in [1.807, 2.05) is 20.8 Å². The summed E-state index contributed by atoms with van der Waals surface area (Å²) in [6.45, 7) is 23.0. The molecule has 0 aliphatic heterocycles. The Kier molecular flexibility index (Phi) is 8.25. The lowest BCUT2D eigenvalue weighted by molar-refractivity contribution is -0.159. The highest BCUT2D eigenvalue weighted by atomic mass is 16.6. The van der Waals surface area contributed by atoms with Crippen molar-refractivity contribution >= 4 is 5.78 Å². The number of ether oxygens (including phenoxy) is 3. The van der Waals surface area contributed by atoms with Gasteiger partial charge in [-0.05, 0) is 83.6 Å². The van der Waals surface area contributed by atoms with Crippen molar-refractivity contribution in [3.8, 4) is 0 Å². The monoisotopic (exact) mass is 449 g/mol. The molecule has 0 saturated heterocycles. The Labute approximate surface area is 196 Å². The minimum atomic E-state index is -0.898. The first-order valence-corrected chi connectivity index (χ1v) is 12.1. The van der Waals surface area contributed by atoms with Gasteiger partial charge in [0.05, 0.1) is 25.4 Å². The van der Waals surface area contributed by atoms with Crippen molar-refractivity contribution in [2.75, 3.05) is 19.8 Å². The first kappa shape index (κ1) is 27.2. The van der Waals surface area contributed by atoms with Gasteiger partial charge in [-0.15, -0.1) is 0 Å². The van der Waals surface area contributed by atoms with Crippen molar-refractivity contribution in [2.24, 2.45) is 28.9 Å². The summed E-state index contributed by atoms with van der Waals surface area (Å²) in [5.74, 6) is 1.52. The smallest absolute Gasteiger partial charge is 0.189 e. The van der Waals surface area contributed by atoms with E-state index in [-0.39, 0.29) is 18.3 Å². The number of fused-ring (bicyclic) bond motifs is 1. The minimum Gasteiger partial charge on any atom is -0.371 e. The minimum absolute atomic E-state index is 0.0537. The zero-order valence-electron chi connectivity index (χ0n) is 22.0. The van der Waals surface area contributed by atoms with E-state index in [1.165, 1.54) is 18.4 Å². The summed E-state index contributed by atoms with van der Waals surface area (Å²) in [6, 6.07) is 0. The second kappa shape index (κ2) is 9.69. The fraction of sp³-hybridized carbons (Fsp3) is 0.815. The lowest BCUT2D eigenvalue weighted by atomic mass is 9.50. The van der Waals surface area contributed by atoms with E-state index in [1.54, 1.807) is 20.8 Å². The highest BCUT2D eigenvalue weighted by Crippen LogP contribution is 2.58. The topological polar surface area (TPSA) is 70.8 Å². The Balaban J connectivity index is 1.76. The number of Topliss-reactive ketones (excluding diaryl/α,β-unsaturated/α-hetero) is 1. The van der Waals surface area contributed by atoms with Gasteiger partial charge in [0.15, 0.2) is 5.78 Å². The Morgan fingerprint density at radius 2 is 1.84 bits per heavy atom. The number of allylic oxidation sites excluding steroid dienone is 1. The number of hydrogen-bond donors (Lipinski definition) is 1. The fourth-order valence-corrected chi connectivity index (χ4v) is 4.58. The van der Waals surface area contributed by atoms with Crippen LogP contribution in [0.4, 0.5) is 0 Å². The van der Waals surface area contributed by atoms with Gasteiger partial charge in [0.25, 0.3) is 0 Å². The van der Waals surface area contributed by atoms with Crippen LogP contribution in [0.25, 0.3) is 0 Å². The van der Waals surface area contributed by atoms with Crippen molar-refractivity contribution in [1.29, 1.82) is 0 Å². The molecule has 3 aliphatic rings. The van der Waals surface area contributed by atoms with Gasteiger partial charge >= 0.3 is 0 Å². The average molecular weight is 450 g/mol. The van der Waals surface area contributed by atoms with Crippen molar-refractivity contribution < 1.29 is 19.0 Å². The molecule has 184 valence electrons. The fourth-order valence-electron chi connectivity index (χ4n) is 4.58. The SMILES string of the molecule is C=C(C)C(=O)C(C)(C)OCC(C)C(C)(C)OCC(C)(N)OCCC1=CC2CC(C1)C2(C)C. The molecule has 4 unspecified atom stereocenters. The zero-order chi connectivity index (χ0) is 24.5. The number of carbonyl (C=O) groups is 1. The van der Waals surface area contributed by atoms with Crippen LogP contribution in [-0.2, 0) is 19.0 Å². The standard InChI is InChI=1S/C27H47NO4/c1-18(2)23(29)26(8,9)31-16-19(3)25(6,7)32-17-27(10,28)30-12-11-20-13-21-15-22(14-20)24(21,4)5/h13,19,21-22H,1,11-12,14-17,28H2,2-10H3. The van der Waals surface area contributed by atoms with Gasteiger partial charge in [0, 0.05) is 5.92 Å². The normalized spacial score (nSPS) is 25.4. The van der Waals surface area contributed by atoms with Crippen LogP contribution in [0, 0.1) is 23.2 Å². The molecule has 0 amide bonds. The molecular weight excluding hydrogens is 402 g/mol. The Morgan fingerprint density at radius 1 is 1.22 bits per heavy atom. The summed E-state index contributed by atoms with van der Waals surface area (Å²) in [6.07, 6.45) is 5.95. The van der Waals surface area contributed by atoms with Crippen LogP contribution < -0.4 is 5.73 Å². The summed E-state index contributed by atoms with van der Waals surface area (Å²) >= 11 is 0. The van der Waals surface area contributed by atoms with Gasteiger partial charge in [-0.1, -0.05) is 39.0 Å². The highest BCUT2D eigenvalue weighted by molar-refractivity contribution is 6.00. The van der Waals surface area contributed by atoms with E-state index in [2.05, 4.69) is 33.4 Å². The maximum Gasteiger partial charge on any atom is 0.189 e. The molecule has 5 heteroatoms. The van der Waals surface area contributed by atoms with Gasteiger partial charge in [-0.25, -0.2) is 0 Å². The molecule has 1 fully saturated rings. The predicted octanol–water partition coefficient (Wildman–Crippen LogP) is 5.43. The van der Waals surface area contributed by atoms with Crippen LogP contribution in [0.3, 0.4) is 0 Å². The maximum absolute atomic E-state index is 12.3. The van der Waals surface area contributed by atoms with Crippen molar-refractivity contribution in [2.45, 2.75) is 98.5 Å². The third kappa shape index (κ3) is 6.53. The molecule has 0 radical (unpaired) electrons. The molecule has 3 aliphatic carbocycles. The summed E-state index contributed by atoms with van der Waals surface area (Å²) in [5.41, 5.74) is 6.63. The van der Waals surface area contributed by atoms with Crippen molar-refractivity contribution in [3.05, 3.63) is 23.8 Å². The average Bonchev–Trinajstić information content (AvgIpc) is 2.70. The largest absolute Gasteiger partial charge is 0.371 e. The van der Waals surface area contributed by atoms with Crippen LogP contribution in [0.2, 0.25) is 0 Å². The van der Waals surface area contributed by atoms with E-state index in [4.69, 9.17) is 19.9 Å². The van der Waals surface area contributed by atoms with Crippen LogP contribution in [0.15, 0.2) is 23.8 Å². The van der Waals surface area contributed by atoms with E-state index in [0.29, 0.717) is 24.2 Å². The number of carbonyl (C=O) groups excluding carboxylic acids is 1. The van der Waals surface area contributed by atoms with Crippen molar-refractivity contribution in [1.82, 2.24) is 0 Å². The molecule has 2 bridgehead atoms. The zero-order valence-corrected chi connectivity index (χ0v) is 22.0. The summed E-state index contributed by atoms with van der Waals surface area (Å²) in [4.78, 5) is 12.3. The molecule has 5 nitrogen and oxygen atoms in total. The van der Waals surface area contributed by atoms with E-state index < -0.39 is 16.9 Å². The molecule has 2 N–H and O–H groups in total. The first-order valence-electron chi connectivity index (χ1n) is 12.1. The van der Waals surface area contributed by atoms with Crippen LogP contribution in [-0.4, -0.2) is 42.5 Å². The van der Waals surface area contributed by atoms with Crippen LogP contribution in [0.5, 0.6) is 0 Å². The van der Waals surface area contributed by atoms with E-state index in [9.17, 15) is 4.79 Å². The molecule has 0 heterocycles. The first-order chi connectivity index (χ1) is 14.5. The molecule has 3 rings (SSSR count). The second-order valence-electron chi connectivity index (χ2n) is 12.0. The third-order valence-electron chi connectivity index (χ3n) is 7.89. The number of nitrogens with two attached hydrogens (primary N) is 1. The molecule has 0 spiro atoms. The van der Waals surface area contributed by atoms with E-state index in [0.717, 1.165) is 18.3 Å². The van der Waals surface area contributed by atoms with Gasteiger partial charge in [-0.2, -0.15) is 0 Å². The second-order valence-corrected chi connectivity index (χ2v) is 12.0. The van der Waals surface area contributed by atoms with Crippen molar-refractivity contribution in [3.63, 3.8) is 0 Å². The number of rotatable bonds is 13. The van der Waals surface area contributed by atoms with Gasteiger partial charge in [0.2, 0.25) is 0 Å². The molecule has 0 aromatic carbocycles. The number of hydrogen-bond acceptors (Lipinski definition) is 5. The molecule has 0 aromatic rings. The highest BCUT2D eigenvalue weighted by Gasteiger charge is 2.49. The summed E-state index contributed by atoms with van der Waals surface area (Å²) in [5, 5.41) is 0.